The van der Waals surface area contributed by atoms with Crippen LogP contribution in [0.2, 0.25) is 0 Å². The van der Waals surface area contributed by atoms with E-state index in [1.165, 1.54) is 43.7 Å². The molecule has 6 rings (SSSR count). The van der Waals surface area contributed by atoms with Gasteiger partial charge in [0.05, 0.1) is 11.0 Å². The number of para-hydroxylation sites is 1. The lowest BCUT2D eigenvalue weighted by Gasteiger charge is -2.08. The number of aryl methyl sites for hydroxylation is 1. The Labute approximate surface area is 175 Å². The van der Waals surface area contributed by atoms with Gasteiger partial charge in [-0.15, -0.1) is 0 Å². The molecule has 0 amide bonds. The molecule has 0 aliphatic carbocycles. The average molecular weight is 389 g/mol. The number of benzene rings is 4. The van der Waals surface area contributed by atoms with E-state index >= 15 is 0 Å². The monoisotopic (exact) mass is 389 g/mol. The maximum absolute atomic E-state index is 6.14. The van der Waals surface area contributed by atoms with Gasteiger partial charge in [-0.25, -0.2) is 0 Å². The molecule has 0 spiro atoms. The molecule has 0 aliphatic heterocycles. The maximum atomic E-state index is 6.14. The average Bonchev–Trinajstić information content (AvgIpc) is 3.28. The van der Waals surface area contributed by atoms with Gasteiger partial charge < -0.3 is 8.98 Å². The molecule has 2 aromatic heterocycles. The fourth-order valence-electron chi connectivity index (χ4n) is 4.65. The number of fused-ring (bicyclic) bond motifs is 6. The van der Waals surface area contributed by atoms with Gasteiger partial charge in [-0.05, 0) is 66.9 Å². The van der Waals surface area contributed by atoms with Crippen molar-refractivity contribution in [1.82, 2.24) is 4.57 Å². The Morgan fingerprint density at radius 1 is 0.667 bits per heavy atom. The lowest BCUT2D eigenvalue weighted by Crippen LogP contribution is -1.93. The normalized spacial score (nSPS) is 12.1. The highest BCUT2D eigenvalue weighted by Gasteiger charge is 2.15. The SMILES string of the molecule is Cc1ccc2c(c1)c1ccccc1n2-c1ccc2oc3ccc(C(C)C)cc3c2c1. The Morgan fingerprint density at radius 2 is 1.40 bits per heavy atom. The van der Waals surface area contributed by atoms with Crippen LogP contribution in [0.15, 0.2) is 83.3 Å². The Kier molecular flexibility index (Phi) is 3.61. The van der Waals surface area contributed by atoms with Crippen molar-refractivity contribution in [2.45, 2.75) is 26.7 Å². The fourth-order valence-corrected chi connectivity index (χ4v) is 4.65. The Bertz CT molecular complexity index is 1580. The van der Waals surface area contributed by atoms with Crippen LogP contribution in [0, 0.1) is 6.92 Å². The summed E-state index contributed by atoms with van der Waals surface area (Å²) in [6.07, 6.45) is 0. The third-order valence-corrected chi connectivity index (χ3v) is 6.23. The van der Waals surface area contributed by atoms with Crippen molar-refractivity contribution in [2.24, 2.45) is 0 Å². The fraction of sp³-hybridized carbons (Fsp3) is 0.143. The van der Waals surface area contributed by atoms with Gasteiger partial charge >= 0.3 is 0 Å². The second-order valence-corrected chi connectivity index (χ2v) is 8.57. The van der Waals surface area contributed by atoms with Crippen LogP contribution in [0.1, 0.15) is 30.9 Å². The maximum Gasteiger partial charge on any atom is 0.135 e. The zero-order valence-corrected chi connectivity index (χ0v) is 17.4. The van der Waals surface area contributed by atoms with E-state index in [0.717, 1.165) is 16.9 Å². The molecule has 4 aromatic carbocycles. The van der Waals surface area contributed by atoms with E-state index in [1.807, 2.05) is 0 Å². The highest BCUT2D eigenvalue weighted by molar-refractivity contribution is 6.10. The predicted octanol–water partition coefficient (Wildman–Crippen LogP) is 8.11. The van der Waals surface area contributed by atoms with Crippen molar-refractivity contribution >= 4 is 43.7 Å². The van der Waals surface area contributed by atoms with Gasteiger partial charge in [0.1, 0.15) is 11.2 Å². The van der Waals surface area contributed by atoms with Crippen molar-refractivity contribution in [1.29, 1.82) is 0 Å². The highest BCUT2D eigenvalue weighted by Crippen LogP contribution is 2.36. The lowest BCUT2D eigenvalue weighted by molar-refractivity contribution is 0.668. The lowest BCUT2D eigenvalue weighted by atomic mass is 10.0. The Balaban J connectivity index is 1.69. The zero-order valence-electron chi connectivity index (χ0n) is 17.4. The minimum absolute atomic E-state index is 0.489. The summed E-state index contributed by atoms with van der Waals surface area (Å²) in [4.78, 5) is 0. The molecule has 0 radical (unpaired) electrons. The largest absolute Gasteiger partial charge is 0.456 e. The van der Waals surface area contributed by atoms with E-state index < -0.39 is 0 Å². The number of nitrogens with zero attached hydrogens (tertiary/aromatic N) is 1. The molecule has 0 atom stereocenters. The Morgan fingerprint density at radius 3 is 2.23 bits per heavy atom. The van der Waals surface area contributed by atoms with E-state index in [1.54, 1.807) is 0 Å². The van der Waals surface area contributed by atoms with Crippen LogP contribution in [0.4, 0.5) is 0 Å². The summed E-state index contributed by atoms with van der Waals surface area (Å²) in [5, 5.41) is 4.94. The van der Waals surface area contributed by atoms with Crippen molar-refractivity contribution in [3.8, 4) is 5.69 Å². The molecule has 146 valence electrons. The molecule has 2 heteroatoms. The third-order valence-electron chi connectivity index (χ3n) is 6.23. The van der Waals surface area contributed by atoms with Gasteiger partial charge in [-0.1, -0.05) is 49.7 Å². The first kappa shape index (κ1) is 17.3. The number of hydrogen-bond donors (Lipinski definition) is 0. The summed E-state index contributed by atoms with van der Waals surface area (Å²) >= 11 is 0. The molecule has 0 unspecified atom stereocenters. The number of hydrogen-bond acceptors (Lipinski definition) is 1. The second kappa shape index (κ2) is 6.24. The van der Waals surface area contributed by atoms with Crippen LogP contribution >= 0.6 is 0 Å². The second-order valence-electron chi connectivity index (χ2n) is 8.57. The molecule has 0 bridgehead atoms. The van der Waals surface area contributed by atoms with E-state index in [-0.39, 0.29) is 0 Å². The summed E-state index contributed by atoms with van der Waals surface area (Å²) < 4.78 is 8.51. The van der Waals surface area contributed by atoms with Gasteiger partial charge in [-0.2, -0.15) is 0 Å². The summed E-state index contributed by atoms with van der Waals surface area (Å²) in [6, 6.07) is 28.5. The number of furan rings is 1. The van der Waals surface area contributed by atoms with Crippen LogP contribution in [0.25, 0.3) is 49.4 Å². The molecule has 0 N–H and O–H groups in total. The Hall–Kier alpha value is -3.52. The minimum atomic E-state index is 0.489. The molecule has 30 heavy (non-hydrogen) atoms. The van der Waals surface area contributed by atoms with Crippen LogP contribution < -0.4 is 0 Å². The van der Waals surface area contributed by atoms with Crippen molar-refractivity contribution in [3.63, 3.8) is 0 Å². The van der Waals surface area contributed by atoms with Crippen molar-refractivity contribution in [2.75, 3.05) is 0 Å². The van der Waals surface area contributed by atoms with Crippen LogP contribution in [-0.2, 0) is 0 Å². The standard InChI is InChI=1S/C28H23NO/c1-17(2)19-9-12-27-23(15-19)24-16-20(10-13-28(24)30-27)29-25-7-5-4-6-21(25)22-14-18(3)8-11-26(22)29/h4-17H,1-3H3. The summed E-state index contributed by atoms with van der Waals surface area (Å²) in [6.45, 7) is 6.62. The van der Waals surface area contributed by atoms with Gasteiger partial charge in [0.15, 0.2) is 0 Å². The smallest absolute Gasteiger partial charge is 0.135 e. The molecular formula is C28H23NO. The summed E-state index contributed by atoms with van der Waals surface area (Å²) in [5.41, 5.74) is 8.13. The van der Waals surface area contributed by atoms with Gasteiger partial charge in [0, 0.05) is 27.2 Å². The molecule has 0 aliphatic rings. The zero-order chi connectivity index (χ0) is 20.4. The van der Waals surface area contributed by atoms with E-state index in [4.69, 9.17) is 4.42 Å². The third kappa shape index (κ3) is 2.43. The van der Waals surface area contributed by atoms with Crippen molar-refractivity contribution in [3.05, 3.63) is 90.0 Å². The first-order chi connectivity index (χ1) is 14.6. The van der Waals surface area contributed by atoms with Gasteiger partial charge in [0.2, 0.25) is 0 Å². The highest BCUT2D eigenvalue weighted by atomic mass is 16.3. The molecule has 0 fully saturated rings. The summed E-state index contributed by atoms with van der Waals surface area (Å²) in [7, 11) is 0. The van der Waals surface area contributed by atoms with E-state index in [9.17, 15) is 0 Å². The van der Waals surface area contributed by atoms with E-state index in [2.05, 4.69) is 104 Å². The number of aromatic nitrogens is 1. The van der Waals surface area contributed by atoms with Crippen LogP contribution in [-0.4, -0.2) is 4.57 Å². The first-order valence-electron chi connectivity index (χ1n) is 10.6. The van der Waals surface area contributed by atoms with Gasteiger partial charge in [-0.3, -0.25) is 0 Å². The van der Waals surface area contributed by atoms with Gasteiger partial charge in [0.25, 0.3) is 0 Å². The molecule has 2 heterocycles. The molecule has 0 saturated heterocycles. The molecule has 2 nitrogen and oxygen atoms in total. The minimum Gasteiger partial charge on any atom is -0.456 e. The molecule has 6 aromatic rings. The summed E-state index contributed by atoms with van der Waals surface area (Å²) in [5.74, 6) is 0.489. The quantitative estimate of drug-likeness (QED) is 0.292. The van der Waals surface area contributed by atoms with E-state index in [0.29, 0.717) is 5.92 Å². The van der Waals surface area contributed by atoms with Crippen LogP contribution in [0.5, 0.6) is 0 Å². The predicted molar refractivity (Wildman–Crippen MR) is 127 cm³/mol. The van der Waals surface area contributed by atoms with Crippen molar-refractivity contribution < 1.29 is 4.42 Å². The topological polar surface area (TPSA) is 18.1 Å². The number of rotatable bonds is 2. The molecule has 0 saturated carbocycles. The molecular weight excluding hydrogens is 366 g/mol. The first-order valence-corrected chi connectivity index (χ1v) is 10.6. The van der Waals surface area contributed by atoms with Crippen LogP contribution in [0.3, 0.4) is 0 Å².